The summed E-state index contributed by atoms with van der Waals surface area (Å²) in [5.74, 6) is 1.09. The molecule has 0 spiro atoms. The van der Waals surface area contributed by atoms with E-state index in [1.54, 1.807) is 0 Å². The second-order valence-corrected chi connectivity index (χ2v) is 3.17. The van der Waals surface area contributed by atoms with Gasteiger partial charge < -0.3 is 11.1 Å². The molecule has 0 saturated carbocycles. The molecular weight excluding hydrogens is 168 g/mol. The van der Waals surface area contributed by atoms with E-state index >= 15 is 0 Å². The van der Waals surface area contributed by atoms with Gasteiger partial charge in [-0.25, -0.2) is 9.97 Å². The van der Waals surface area contributed by atoms with Crippen LogP contribution in [0.15, 0.2) is 6.33 Å². The number of nitrogens with two attached hydrogens (primary N) is 1. The Morgan fingerprint density at radius 3 is 3.15 bits per heavy atom. The molecule has 2 heterocycles. The fourth-order valence-corrected chi connectivity index (χ4v) is 1.56. The average molecular weight is 178 g/mol. The Kier molecular flexibility index (Phi) is 1.65. The second-order valence-electron chi connectivity index (χ2n) is 3.17. The maximum Gasteiger partial charge on any atom is 0.226 e. The average Bonchev–Trinajstić information content (AvgIpc) is 2.02. The third-order valence-electron chi connectivity index (χ3n) is 2.16. The van der Waals surface area contributed by atoms with Gasteiger partial charge in [-0.2, -0.15) is 0 Å². The Balaban J connectivity index is 2.55. The Labute approximate surface area is 75.4 Å². The van der Waals surface area contributed by atoms with Crippen LogP contribution < -0.4 is 11.1 Å². The summed E-state index contributed by atoms with van der Waals surface area (Å²) >= 11 is 0. The molecule has 1 amide bonds. The second kappa shape index (κ2) is 2.69. The molecule has 0 aromatic carbocycles. The zero-order valence-electron chi connectivity index (χ0n) is 7.24. The lowest BCUT2D eigenvalue weighted by atomic mass is 9.95. The van der Waals surface area contributed by atoms with Crippen LogP contribution in [-0.4, -0.2) is 15.9 Å². The van der Waals surface area contributed by atoms with Crippen LogP contribution in [0, 0.1) is 0 Å². The van der Waals surface area contributed by atoms with Crippen molar-refractivity contribution in [1.82, 2.24) is 9.97 Å². The van der Waals surface area contributed by atoms with Gasteiger partial charge in [-0.1, -0.05) is 6.92 Å². The summed E-state index contributed by atoms with van der Waals surface area (Å²) in [6, 6.07) is 0. The number of nitrogens with one attached hydrogen (secondary N) is 1. The van der Waals surface area contributed by atoms with E-state index in [1.165, 1.54) is 6.33 Å². The molecule has 13 heavy (non-hydrogen) atoms. The molecule has 1 aliphatic rings. The molecule has 1 unspecified atom stereocenters. The summed E-state index contributed by atoms with van der Waals surface area (Å²) in [6.07, 6.45) is 1.80. The Morgan fingerprint density at radius 2 is 2.38 bits per heavy atom. The summed E-state index contributed by atoms with van der Waals surface area (Å²) in [4.78, 5) is 19.0. The molecule has 1 aromatic heterocycles. The molecule has 3 N–H and O–H groups in total. The molecule has 0 aliphatic carbocycles. The van der Waals surface area contributed by atoms with Crippen molar-refractivity contribution in [3.05, 3.63) is 11.9 Å². The number of amides is 1. The highest BCUT2D eigenvalue weighted by atomic mass is 16.1. The smallest absolute Gasteiger partial charge is 0.226 e. The SMILES string of the molecule is CC1CC(=O)Nc2ncnc(N)c21. The van der Waals surface area contributed by atoms with E-state index in [2.05, 4.69) is 15.3 Å². The van der Waals surface area contributed by atoms with Crippen LogP contribution in [0.5, 0.6) is 0 Å². The molecule has 0 radical (unpaired) electrons. The molecule has 5 nitrogen and oxygen atoms in total. The zero-order valence-corrected chi connectivity index (χ0v) is 7.24. The van der Waals surface area contributed by atoms with Gasteiger partial charge in [0.05, 0.1) is 0 Å². The van der Waals surface area contributed by atoms with E-state index < -0.39 is 0 Å². The number of nitrogen functional groups attached to an aromatic ring is 1. The van der Waals surface area contributed by atoms with Gasteiger partial charge in [-0.3, -0.25) is 4.79 Å². The minimum absolute atomic E-state index is 0.0156. The topological polar surface area (TPSA) is 80.9 Å². The maximum atomic E-state index is 11.1. The summed E-state index contributed by atoms with van der Waals surface area (Å²) in [7, 11) is 0. The van der Waals surface area contributed by atoms with Crippen molar-refractivity contribution in [3.8, 4) is 0 Å². The Bertz CT molecular complexity index is 363. The predicted octanol–water partition coefficient (Wildman–Crippen LogP) is 0.504. The Hall–Kier alpha value is -1.65. The van der Waals surface area contributed by atoms with Crippen molar-refractivity contribution in [3.63, 3.8) is 0 Å². The number of rotatable bonds is 0. The minimum Gasteiger partial charge on any atom is -0.383 e. The lowest BCUT2D eigenvalue weighted by molar-refractivity contribution is -0.116. The molecule has 2 rings (SSSR count). The fraction of sp³-hybridized carbons (Fsp3) is 0.375. The van der Waals surface area contributed by atoms with E-state index in [0.29, 0.717) is 18.1 Å². The highest BCUT2D eigenvalue weighted by molar-refractivity contribution is 5.94. The van der Waals surface area contributed by atoms with Crippen LogP contribution in [0.25, 0.3) is 0 Å². The molecule has 0 saturated heterocycles. The summed E-state index contributed by atoms with van der Waals surface area (Å²) in [6.45, 7) is 1.94. The van der Waals surface area contributed by atoms with Crippen molar-refractivity contribution < 1.29 is 4.79 Å². The molecule has 1 aliphatic heterocycles. The van der Waals surface area contributed by atoms with Gasteiger partial charge in [0.25, 0.3) is 0 Å². The quantitative estimate of drug-likeness (QED) is 0.606. The van der Waals surface area contributed by atoms with E-state index in [-0.39, 0.29) is 11.8 Å². The largest absolute Gasteiger partial charge is 0.383 e. The standard InChI is InChI=1S/C8H10N4O/c1-4-2-5(13)12-8-6(4)7(9)10-3-11-8/h3-4H,2H2,1H3,(H3,9,10,11,12,13). The van der Waals surface area contributed by atoms with Gasteiger partial charge in [0, 0.05) is 12.0 Å². The lowest BCUT2D eigenvalue weighted by Crippen LogP contribution is -2.23. The van der Waals surface area contributed by atoms with E-state index in [1.807, 2.05) is 6.92 Å². The molecule has 0 bridgehead atoms. The number of fused-ring (bicyclic) bond motifs is 1. The van der Waals surface area contributed by atoms with Gasteiger partial charge in [0.15, 0.2) is 0 Å². The number of hydrogen-bond acceptors (Lipinski definition) is 4. The predicted molar refractivity (Wildman–Crippen MR) is 48.1 cm³/mol. The fourth-order valence-electron chi connectivity index (χ4n) is 1.56. The van der Waals surface area contributed by atoms with Crippen molar-refractivity contribution in [1.29, 1.82) is 0 Å². The van der Waals surface area contributed by atoms with Crippen molar-refractivity contribution in [2.75, 3.05) is 11.1 Å². The number of carbonyl (C=O) groups is 1. The minimum atomic E-state index is -0.0156. The third-order valence-corrected chi connectivity index (χ3v) is 2.16. The van der Waals surface area contributed by atoms with Gasteiger partial charge in [-0.05, 0) is 5.92 Å². The van der Waals surface area contributed by atoms with Crippen molar-refractivity contribution in [2.45, 2.75) is 19.3 Å². The van der Waals surface area contributed by atoms with Gasteiger partial charge in [0.1, 0.15) is 18.0 Å². The van der Waals surface area contributed by atoms with E-state index in [4.69, 9.17) is 5.73 Å². The first-order chi connectivity index (χ1) is 6.18. The number of aromatic nitrogens is 2. The van der Waals surface area contributed by atoms with Crippen LogP contribution in [0.2, 0.25) is 0 Å². The molecule has 5 heteroatoms. The zero-order chi connectivity index (χ0) is 9.42. The van der Waals surface area contributed by atoms with Crippen LogP contribution in [0.1, 0.15) is 24.8 Å². The number of nitrogens with zero attached hydrogens (tertiary/aromatic N) is 2. The van der Waals surface area contributed by atoms with Crippen molar-refractivity contribution in [2.24, 2.45) is 0 Å². The Morgan fingerprint density at radius 1 is 1.62 bits per heavy atom. The summed E-state index contributed by atoms with van der Waals surface area (Å²) in [5, 5.41) is 2.66. The van der Waals surface area contributed by atoms with Gasteiger partial charge in [0.2, 0.25) is 5.91 Å². The number of anilines is 2. The van der Waals surface area contributed by atoms with Crippen LogP contribution in [-0.2, 0) is 4.79 Å². The number of hydrogen-bond donors (Lipinski definition) is 2. The lowest BCUT2D eigenvalue weighted by Gasteiger charge is -2.21. The van der Waals surface area contributed by atoms with Crippen LogP contribution >= 0.6 is 0 Å². The summed E-state index contributed by atoms with van der Waals surface area (Å²) in [5.41, 5.74) is 6.52. The monoisotopic (exact) mass is 178 g/mol. The molecular formula is C8H10N4O. The highest BCUT2D eigenvalue weighted by Crippen LogP contribution is 2.32. The first kappa shape index (κ1) is 7.97. The first-order valence-corrected chi connectivity index (χ1v) is 4.08. The van der Waals surface area contributed by atoms with E-state index in [9.17, 15) is 4.79 Å². The van der Waals surface area contributed by atoms with Crippen molar-refractivity contribution >= 4 is 17.5 Å². The van der Waals surface area contributed by atoms with Gasteiger partial charge >= 0.3 is 0 Å². The molecule has 68 valence electrons. The van der Waals surface area contributed by atoms with Crippen LogP contribution in [0.3, 0.4) is 0 Å². The molecule has 1 aromatic rings. The molecule has 0 fully saturated rings. The highest BCUT2D eigenvalue weighted by Gasteiger charge is 2.25. The summed E-state index contributed by atoms with van der Waals surface area (Å²) < 4.78 is 0. The number of carbonyl (C=O) groups excluding carboxylic acids is 1. The van der Waals surface area contributed by atoms with Crippen LogP contribution in [0.4, 0.5) is 11.6 Å². The normalized spacial score (nSPS) is 20.7. The van der Waals surface area contributed by atoms with Gasteiger partial charge in [-0.15, -0.1) is 0 Å². The molecule has 1 atom stereocenters. The van der Waals surface area contributed by atoms with E-state index in [0.717, 1.165) is 5.56 Å². The maximum absolute atomic E-state index is 11.1. The third kappa shape index (κ3) is 1.22. The first-order valence-electron chi connectivity index (χ1n) is 4.08.